The average molecular weight is 484 g/mol. The van der Waals surface area contributed by atoms with Gasteiger partial charge in [-0.3, -0.25) is 9.59 Å². The van der Waals surface area contributed by atoms with Crippen LogP contribution in [-0.4, -0.2) is 36.5 Å². The lowest BCUT2D eigenvalue weighted by Crippen LogP contribution is -2.44. The highest BCUT2D eigenvalue weighted by Crippen LogP contribution is 2.28. The second kappa shape index (κ2) is 11.8. The van der Waals surface area contributed by atoms with E-state index in [-0.39, 0.29) is 26.1 Å². The molecule has 3 rings (SSSR count). The molecule has 34 heavy (non-hydrogen) atoms. The third kappa shape index (κ3) is 7.04. The molecule has 178 valence electrons. The van der Waals surface area contributed by atoms with E-state index in [2.05, 4.69) is 10.6 Å². The molecule has 0 saturated heterocycles. The number of fused-ring (bicyclic) bond motifs is 1. The van der Waals surface area contributed by atoms with Crippen LogP contribution in [0.5, 0.6) is 0 Å². The van der Waals surface area contributed by atoms with Crippen molar-refractivity contribution in [1.29, 1.82) is 0 Å². The Labute approximate surface area is 200 Å². The molecule has 2 aromatic carbocycles. The summed E-state index contributed by atoms with van der Waals surface area (Å²) in [6, 6.07) is 14.9. The summed E-state index contributed by atoms with van der Waals surface area (Å²) in [5.74, 6) is -1.53. The third-order valence-electron chi connectivity index (χ3n) is 4.76. The second-order valence-corrected chi connectivity index (χ2v) is 8.42. The largest absolute Gasteiger partial charge is 0.462 e. The molecule has 0 radical (unpaired) electrons. The van der Waals surface area contributed by atoms with Crippen LogP contribution in [0.3, 0.4) is 0 Å². The Bertz CT molecular complexity index is 1180. The van der Waals surface area contributed by atoms with Gasteiger partial charge in [0, 0.05) is 16.8 Å². The van der Waals surface area contributed by atoms with E-state index in [4.69, 9.17) is 15.2 Å². The Morgan fingerprint density at radius 1 is 1.03 bits per heavy atom. The zero-order valence-electron chi connectivity index (χ0n) is 18.5. The summed E-state index contributed by atoms with van der Waals surface area (Å²) < 4.78 is 11.1. The molecule has 0 saturated carbocycles. The van der Waals surface area contributed by atoms with Gasteiger partial charge in [0.05, 0.1) is 6.61 Å². The van der Waals surface area contributed by atoms with Crippen LogP contribution in [0.25, 0.3) is 10.1 Å². The third-order valence-corrected chi connectivity index (χ3v) is 5.86. The molecule has 3 aromatic rings. The number of anilines is 1. The summed E-state index contributed by atoms with van der Waals surface area (Å²) in [7, 11) is 0. The average Bonchev–Trinajstić information content (AvgIpc) is 3.24. The molecule has 0 spiro atoms. The maximum absolute atomic E-state index is 12.9. The fourth-order valence-electron chi connectivity index (χ4n) is 3.12. The molecule has 0 unspecified atom stereocenters. The van der Waals surface area contributed by atoms with Crippen LogP contribution in [0.2, 0.25) is 0 Å². The van der Waals surface area contributed by atoms with Gasteiger partial charge in [-0.15, -0.1) is 11.3 Å². The van der Waals surface area contributed by atoms with Gasteiger partial charge >= 0.3 is 12.1 Å². The van der Waals surface area contributed by atoms with Gasteiger partial charge in [0.15, 0.2) is 0 Å². The maximum atomic E-state index is 12.9. The highest BCUT2D eigenvalue weighted by molar-refractivity contribution is 7.20. The Balaban J connectivity index is 1.66. The molecule has 0 aliphatic heterocycles. The first-order chi connectivity index (χ1) is 16.4. The molecule has 1 heterocycles. The second-order valence-electron chi connectivity index (χ2n) is 7.34. The topological polar surface area (TPSA) is 137 Å². The van der Waals surface area contributed by atoms with Gasteiger partial charge in [0.2, 0.25) is 11.8 Å². The first kappa shape index (κ1) is 24.7. The van der Waals surface area contributed by atoms with Crippen LogP contribution >= 0.6 is 11.3 Å². The van der Waals surface area contributed by atoms with Crippen molar-refractivity contribution in [2.45, 2.75) is 32.4 Å². The lowest BCUT2D eigenvalue weighted by Gasteiger charge is -2.18. The number of nitrogens with one attached hydrogen (secondary N) is 2. The van der Waals surface area contributed by atoms with Crippen LogP contribution in [-0.2, 0) is 25.7 Å². The monoisotopic (exact) mass is 483 g/mol. The molecule has 1 aromatic heterocycles. The highest BCUT2D eigenvalue weighted by atomic mass is 32.1. The Hall–Kier alpha value is -3.92. The number of ether oxygens (including phenoxy) is 2. The van der Waals surface area contributed by atoms with Crippen molar-refractivity contribution in [3.8, 4) is 0 Å². The number of hydrogen-bond donors (Lipinski definition) is 3. The Kier molecular flexibility index (Phi) is 8.58. The van der Waals surface area contributed by atoms with Gasteiger partial charge in [-0.05, 0) is 48.6 Å². The minimum atomic E-state index is -1.04. The summed E-state index contributed by atoms with van der Waals surface area (Å²) in [5, 5.41) is 5.98. The van der Waals surface area contributed by atoms with Crippen LogP contribution < -0.4 is 16.4 Å². The molecule has 0 aliphatic rings. The summed E-state index contributed by atoms with van der Waals surface area (Å²) in [4.78, 5) is 48.8. The predicted octanol–water partition coefficient (Wildman–Crippen LogP) is 3.58. The highest BCUT2D eigenvalue weighted by Gasteiger charge is 2.23. The number of esters is 1. The van der Waals surface area contributed by atoms with Crippen molar-refractivity contribution in [2.24, 2.45) is 5.73 Å². The summed E-state index contributed by atoms with van der Waals surface area (Å²) in [6.45, 7) is 2.05. The van der Waals surface area contributed by atoms with Crippen LogP contribution in [0.4, 0.5) is 10.5 Å². The summed E-state index contributed by atoms with van der Waals surface area (Å²) in [6.07, 6.45) is -0.875. The normalized spacial score (nSPS) is 11.4. The smallest absolute Gasteiger partial charge is 0.408 e. The Morgan fingerprint density at radius 2 is 1.79 bits per heavy atom. The number of nitrogens with two attached hydrogens (primary N) is 1. The van der Waals surface area contributed by atoms with Crippen LogP contribution in [0.1, 0.15) is 35.0 Å². The van der Waals surface area contributed by atoms with E-state index in [1.807, 2.05) is 18.2 Å². The molecule has 9 nitrogen and oxygen atoms in total. The fourth-order valence-corrected chi connectivity index (χ4v) is 4.05. The lowest BCUT2D eigenvalue weighted by atomic mass is 10.1. The molecule has 1 atom stereocenters. The first-order valence-electron chi connectivity index (χ1n) is 10.6. The van der Waals surface area contributed by atoms with Crippen molar-refractivity contribution >= 4 is 51.0 Å². The molecular formula is C24H25N3O6S. The quantitative estimate of drug-likeness (QED) is 0.377. The number of thiophene rings is 1. The number of benzene rings is 2. The fraction of sp³-hybridized carbons (Fsp3) is 0.250. The van der Waals surface area contributed by atoms with Crippen molar-refractivity contribution in [1.82, 2.24) is 5.32 Å². The first-order valence-corrected chi connectivity index (χ1v) is 11.4. The van der Waals surface area contributed by atoms with Gasteiger partial charge < -0.3 is 25.8 Å². The predicted molar refractivity (Wildman–Crippen MR) is 128 cm³/mol. The van der Waals surface area contributed by atoms with E-state index in [9.17, 15) is 19.2 Å². The van der Waals surface area contributed by atoms with Gasteiger partial charge in [0.1, 0.15) is 17.5 Å². The van der Waals surface area contributed by atoms with Crippen molar-refractivity contribution in [3.05, 3.63) is 65.0 Å². The number of alkyl carbamates (subject to hydrolysis) is 1. The van der Waals surface area contributed by atoms with Crippen molar-refractivity contribution in [3.63, 3.8) is 0 Å². The summed E-state index contributed by atoms with van der Waals surface area (Å²) in [5.41, 5.74) is 6.48. The van der Waals surface area contributed by atoms with Crippen molar-refractivity contribution in [2.75, 3.05) is 11.9 Å². The number of carbonyl (C=O) groups is 4. The number of amides is 3. The molecule has 3 amide bonds. The number of rotatable bonds is 10. The molecular weight excluding hydrogens is 458 g/mol. The van der Waals surface area contributed by atoms with Gasteiger partial charge in [0.25, 0.3) is 0 Å². The zero-order chi connectivity index (χ0) is 24.5. The minimum absolute atomic E-state index is 0.00923. The standard InChI is InChI=1S/C24H25N3O6S/c1-2-32-23(30)20-13-16-12-17(8-10-19(16)34-20)26-22(29)18(9-11-21(25)28)27-24(31)33-14-15-6-4-3-5-7-15/h3-8,10,12-13,18H,2,9,11,14H2,1H3,(H2,25,28)(H,26,29)(H,27,31)/t18-/m0/s1. The van der Waals surface area contributed by atoms with Crippen LogP contribution in [0.15, 0.2) is 54.6 Å². The zero-order valence-corrected chi connectivity index (χ0v) is 19.4. The molecule has 0 bridgehead atoms. The number of primary amides is 1. The van der Waals surface area contributed by atoms with Crippen LogP contribution in [0, 0.1) is 0 Å². The van der Waals surface area contributed by atoms with Crippen molar-refractivity contribution < 1.29 is 28.7 Å². The van der Waals surface area contributed by atoms with E-state index < -0.39 is 29.9 Å². The molecule has 4 N–H and O–H groups in total. The van der Waals surface area contributed by atoms with E-state index in [0.29, 0.717) is 10.6 Å². The number of carbonyl (C=O) groups excluding carboxylic acids is 4. The van der Waals surface area contributed by atoms with Gasteiger partial charge in [-0.25, -0.2) is 9.59 Å². The summed E-state index contributed by atoms with van der Waals surface area (Å²) >= 11 is 1.29. The SMILES string of the molecule is CCOC(=O)c1cc2cc(NC(=O)[C@H](CCC(N)=O)NC(=O)OCc3ccccc3)ccc2s1. The Morgan fingerprint density at radius 3 is 2.50 bits per heavy atom. The van der Waals surface area contributed by atoms with Gasteiger partial charge in [-0.1, -0.05) is 30.3 Å². The van der Waals surface area contributed by atoms with E-state index in [1.165, 1.54) is 11.3 Å². The van der Waals surface area contributed by atoms with E-state index in [0.717, 1.165) is 15.6 Å². The lowest BCUT2D eigenvalue weighted by molar-refractivity contribution is -0.119. The molecule has 10 heteroatoms. The maximum Gasteiger partial charge on any atom is 0.408 e. The van der Waals surface area contributed by atoms with E-state index in [1.54, 1.807) is 43.3 Å². The molecule has 0 aliphatic carbocycles. The number of hydrogen-bond acceptors (Lipinski definition) is 7. The molecule has 0 fully saturated rings. The van der Waals surface area contributed by atoms with E-state index >= 15 is 0 Å². The minimum Gasteiger partial charge on any atom is -0.462 e. The van der Waals surface area contributed by atoms with Gasteiger partial charge in [-0.2, -0.15) is 0 Å².